The summed E-state index contributed by atoms with van der Waals surface area (Å²) in [5, 5.41) is 11.3. The van der Waals surface area contributed by atoms with Gasteiger partial charge in [-0.1, -0.05) is 13.8 Å². The van der Waals surface area contributed by atoms with E-state index in [1.165, 1.54) is 24.5 Å². The van der Waals surface area contributed by atoms with Crippen LogP contribution in [0.5, 0.6) is 11.5 Å². The van der Waals surface area contributed by atoms with E-state index in [0.29, 0.717) is 29.4 Å². The summed E-state index contributed by atoms with van der Waals surface area (Å²) in [6, 6.07) is 11.6. The summed E-state index contributed by atoms with van der Waals surface area (Å²) in [6.45, 7) is 6.34. The van der Waals surface area contributed by atoms with E-state index in [2.05, 4.69) is 9.72 Å². The van der Waals surface area contributed by atoms with Crippen LogP contribution in [0.4, 0.5) is 18.9 Å². The van der Waals surface area contributed by atoms with Crippen molar-refractivity contribution in [1.29, 1.82) is 0 Å². The molecule has 1 atom stereocenters. The van der Waals surface area contributed by atoms with E-state index in [1.807, 2.05) is 13.8 Å². The van der Waals surface area contributed by atoms with E-state index in [0.717, 1.165) is 22.6 Å². The number of benzene rings is 2. The summed E-state index contributed by atoms with van der Waals surface area (Å²) in [5.41, 5.74) is 1.50. The Morgan fingerprint density at radius 3 is 2.29 bits per heavy atom. The number of ketones is 1. The second kappa shape index (κ2) is 10.6. The number of hydrogen-bond donors (Lipinski definition) is 1. The fourth-order valence-electron chi connectivity index (χ4n) is 4.14. The van der Waals surface area contributed by atoms with Crippen molar-refractivity contribution in [1.82, 2.24) is 4.98 Å². The number of pyridine rings is 1. The molecule has 1 aliphatic heterocycles. The van der Waals surface area contributed by atoms with Crippen molar-refractivity contribution in [2.24, 2.45) is 5.92 Å². The van der Waals surface area contributed by atoms with Crippen LogP contribution in [0, 0.1) is 12.8 Å². The lowest BCUT2D eigenvalue weighted by Gasteiger charge is -2.25. The maximum Gasteiger partial charge on any atom is 0.573 e. The van der Waals surface area contributed by atoms with E-state index >= 15 is 0 Å². The van der Waals surface area contributed by atoms with E-state index in [-0.39, 0.29) is 17.0 Å². The van der Waals surface area contributed by atoms with E-state index in [4.69, 9.17) is 4.74 Å². The Hall–Kier alpha value is -4.34. The maximum absolute atomic E-state index is 13.2. The molecule has 1 aromatic heterocycles. The number of amides is 1. The van der Waals surface area contributed by atoms with Crippen LogP contribution in [0.3, 0.4) is 0 Å². The van der Waals surface area contributed by atoms with Gasteiger partial charge < -0.3 is 14.6 Å². The van der Waals surface area contributed by atoms with Crippen LogP contribution < -0.4 is 14.4 Å². The molecule has 0 bridgehead atoms. The van der Waals surface area contributed by atoms with Crippen LogP contribution in [0.1, 0.15) is 36.6 Å². The Bertz CT molecular complexity index is 1370. The second-order valence-electron chi connectivity index (χ2n) is 9.18. The molecular weight excluding hydrogens is 501 g/mol. The summed E-state index contributed by atoms with van der Waals surface area (Å²) in [5.74, 6) is -1.80. The average Bonchev–Trinajstić information content (AvgIpc) is 3.13. The molecule has 0 aliphatic carbocycles. The number of aryl methyl sites for hydroxylation is 1. The molecule has 1 N–H and O–H groups in total. The largest absolute Gasteiger partial charge is 0.573 e. The first-order chi connectivity index (χ1) is 18.0. The molecule has 2 heterocycles. The van der Waals surface area contributed by atoms with Crippen molar-refractivity contribution < 1.29 is 37.3 Å². The zero-order chi connectivity index (χ0) is 27.6. The van der Waals surface area contributed by atoms with Gasteiger partial charge in [-0.05, 0) is 78.6 Å². The quantitative estimate of drug-likeness (QED) is 0.233. The Labute approximate surface area is 217 Å². The van der Waals surface area contributed by atoms with Gasteiger partial charge in [-0.3, -0.25) is 19.5 Å². The molecule has 0 radical (unpaired) electrons. The molecule has 1 unspecified atom stereocenters. The Kier molecular flexibility index (Phi) is 7.43. The van der Waals surface area contributed by atoms with E-state index in [1.54, 1.807) is 37.3 Å². The number of Topliss-reactive ketones (excluding diaryl/α,β-unsaturated/α-hetero) is 1. The molecule has 198 valence electrons. The van der Waals surface area contributed by atoms with Crippen molar-refractivity contribution in [2.45, 2.75) is 33.2 Å². The number of aromatic nitrogens is 1. The standard InChI is InChI=1S/C28H25F3N2O5/c1-16(2)15-37-22-9-4-19(14-17(22)3)25(34)23-24(18-10-12-32-13-11-18)33(27(36)26(23)35)20-5-7-21(8-6-20)38-28(29,30)31/h4-14,16,24,34H,15H2,1-3H3/b25-23-. The van der Waals surface area contributed by atoms with E-state index in [9.17, 15) is 27.9 Å². The lowest BCUT2D eigenvalue weighted by molar-refractivity contribution is -0.274. The first-order valence-corrected chi connectivity index (χ1v) is 11.8. The number of anilines is 1. The SMILES string of the molecule is Cc1cc(/C(O)=C2/C(=O)C(=O)N(c3ccc(OC(F)(F)F)cc3)C2c2ccncc2)ccc1OCC(C)C. The van der Waals surface area contributed by atoms with Crippen molar-refractivity contribution in [3.63, 3.8) is 0 Å². The smallest absolute Gasteiger partial charge is 0.507 e. The molecule has 7 nitrogen and oxygen atoms in total. The van der Waals surface area contributed by atoms with Crippen LogP contribution >= 0.6 is 0 Å². The predicted octanol–water partition coefficient (Wildman–Crippen LogP) is 5.95. The van der Waals surface area contributed by atoms with Crippen molar-refractivity contribution in [3.8, 4) is 11.5 Å². The number of halogens is 3. The van der Waals surface area contributed by atoms with Crippen LogP contribution in [0.2, 0.25) is 0 Å². The Morgan fingerprint density at radius 2 is 1.71 bits per heavy atom. The highest BCUT2D eigenvalue weighted by Crippen LogP contribution is 2.42. The second-order valence-corrected chi connectivity index (χ2v) is 9.18. The van der Waals surface area contributed by atoms with Crippen molar-refractivity contribution in [3.05, 3.63) is 89.3 Å². The third kappa shape index (κ3) is 5.64. The molecule has 0 saturated carbocycles. The highest BCUT2D eigenvalue weighted by molar-refractivity contribution is 6.51. The predicted molar refractivity (Wildman–Crippen MR) is 134 cm³/mol. The number of rotatable bonds is 7. The summed E-state index contributed by atoms with van der Waals surface area (Å²) < 4.78 is 47.5. The van der Waals surface area contributed by atoms with Gasteiger partial charge in [0.15, 0.2) is 0 Å². The van der Waals surface area contributed by atoms with Gasteiger partial charge in [0.1, 0.15) is 17.3 Å². The molecule has 38 heavy (non-hydrogen) atoms. The number of aliphatic hydroxyl groups is 1. The first kappa shape index (κ1) is 26.7. The van der Waals surface area contributed by atoms with Gasteiger partial charge in [-0.25, -0.2) is 0 Å². The first-order valence-electron chi connectivity index (χ1n) is 11.8. The summed E-state index contributed by atoms with van der Waals surface area (Å²) in [7, 11) is 0. The van der Waals surface area contributed by atoms with Gasteiger partial charge in [0.05, 0.1) is 18.2 Å². The zero-order valence-electron chi connectivity index (χ0n) is 20.8. The number of nitrogens with zero attached hydrogens (tertiary/aromatic N) is 2. The Balaban J connectivity index is 1.78. The number of alkyl halides is 3. The van der Waals surface area contributed by atoms with Crippen LogP contribution in [0.15, 0.2) is 72.6 Å². The number of hydrogen-bond acceptors (Lipinski definition) is 6. The van der Waals surface area contributed by atoms with Crippen LogP contribution in [-0.4, -0.2) is 34.8 Å². The van der Waals surface area contributed by atoms with E-state index < -0.39 is 29.8 Å². The maximum atomic E-state index is 13.2. The third-order valence-electron chi connectivity index (χ3n) is 5.84. The minimum absolute atomic E-state index is 0.149. The average molecular weight is 527 g/mol. The molecule has 0 spiro atoms. The molecule has 3 aromatic rings. The van der Waals surface area contributed by atoms with Gasteiger partial charge in [-0.2, -0.15) is 0 Å². The zero-order valence-corrected chi connectivity index (χ0v) is 20.8. The number of carbonyl (C=O) groups excluding carboxylic acids is 2. The highest BCUT2D eigenvalue weighted by Gasteiger charge is 2.47. The molecule has 1 fully saturated rings. The van der Waals surface area contributed by atoms with Crippen LogP contribution in [0.25, 0.3) is 5.76 Å². The van der Waals surface area contributed by atoms with Gasteiger partial charge in [0, 0.05) is 23.6 Å². The minimum Gasteiger partial charge on any atom is -0.507 e. The van der Waals surface area contributed by atoms with Gasteiger partial charge in [-0.15, -0.1) is 13.2 Å². The summed E-state index contributed by atoms with van der Waals surface area (Å²) in [4.78, 5) is 31.6. The van der Waals surface area contributed by atoms with Gasteiger partial charge in [0.2, 0.25) is 0 Å². The fraction of sp³-hybridized carbons (Fsp3) is 0.250. The molecular formula is C28H25F3N2O5. The highest BCUT2D eigenvalue weighted by atomic mass is 19.4. The normalized spacial score (nSPS) is 17.2. The molecule has 2 aromatic carbocycles. The van der Waals surface area contributed by atoms with Gasteiger partial charge in [0.25, 0.3) is 11.7 Å². The topological polar surface area (TPSA) is 89.0 Å². The molecule has 10 heteroatoms. The summed E-state index contributed by atoms with van der Waals surface area (Å²) in [6.07, 6.45) is -1.93. The molecule has 1 amide bonds. The molecule has 4 rings (SSSR count). The van der Waals surface area contributed by atoms with Crippen molar-refractivity contribution >= 4 is 23.1 Å². The minimum atomic E-state index is -4.88. The monoisotopic (exact) mass is 526 g/mol. The summed E-state index contributed by atoms with van der Waals surface area (Å²) >= 11 is 0. The third-order valence-corrected chi connectivity index (χ3v) is 5.84. The molecule has 1 aliphatic rings. The number of ether oxygens (including phenoxy) is 2. The van der Waals surface area contributed by atoms with Gasteiger partial charge >= 0.3 is 6.36 Å². The molecule has 1 saturated heterocycles. The fourth-order valence-corrected chi connectivity index (χ4v) is 4.14. The van der Waals surface area contributed by atoms with Crippen LogP contribution in [-0.2, 0) is 9.59 Å². The number of carbonyl (C=O) groups is 2. The lowest BCUT2D eigenvalue weighted by Crippen LogP contribution is -2.29. The number of aliphatic hydroxyl groups excluding tert-OH is 1. The Morgan fingerprint density at radius 1 is 1.05 bits per heavy atom. The van der Waals surface area contributed by atoms with Crippen molar-refractivity contribution in [2.75, 3.05) is 11.5 Å². The lowest BCUT2D eigenvalue weighted by atomic mass is 9.95.